The summed E-state index contributed by atoms with van der Waals surface area (Å²) in [5.74, 6) is 0.775. The summed E-state index contributed by atoms with van der Waals surface area (Å²) in [5, 5.41) is 8.80. The molecule has 2 aliphatic rings. The van der Waals surface area contributed by atoms with Crippen molar-refractivity contribution in [2.75, 3.05) is 6.61 Å². The minimum atomic E-state index is 0.162. The van der Waals surface area contributed by atoms with E-state index in [-0.39, 0.29) is 12.7 Å². The second-order valence-corrected chi connectivity index (χ2v) is 3.41. The van der Waals surface area contributed by atoms with Crippen molar-refractivity contribution in [2.24, 2.45) is 5.92 Å². The van der Waals surface area contributed by atoms with Crippen molar-refractivity contribution in [3.63, 3.8) is 0 Å². The normalized spacial score (nSPS) is 45.9. The molecule has 2 nitrogen and oxygen atoms in total. The molecule has 0 bridgehead atoms. The zero-order chi connectivity index (χ0) is 6.97. The Morgan fingerprint density at radius 3 is 3.00 bits per heavy atom. The fourth-order valence-electron chi connectivity index (χ4n) is 2.21. The fourth-order valence-corrected chi connectivity index (χ4v) is 2.21. The highest BCUT2D eigenvalue weighted by Crippen LogP contribution is 2.38. The lowest BCUT2D eigenvalue weighted by atomic mass is 10.0. The van der Waals surface area contributed by atoms with Gasteiger partial charge in [0.05, 0.1) is 18.8 Å². The van der Waals surface area contributed by atoms with Crippen molar-refractivity contribution in [3.8, 4) is 0 Å². The van der Waals surface area contributed by atoms with Gasteiger partial charge in [0.2, 0.25) is 0 Å². The Bertz CT molecular complexity index is 112. The van der Waals surface area contributed by atoms with Gasteiger partial charge >= 0.3 is 0 Å². The molecule has 1 aliphatic carbocycles. The molecular formula is C8H14O2. The van der Waals surface area contributed by atoms with Gasteiger partial charge in [0.15, 0.2) is 0 Å². The van der Waals surface area contributed by atoms with Crippen LogP contribution in [-0.4, -0.2) is 23.9 Å². The lowest BCUT2D eigenvalue weighted by Crippen LogP contribution is -2.13. The van der Waals surface area contributed by atoms with E-state index in [0.717, 1.165) is 12.3 Å². The van der Waals surface area contributed by atoms with E-state index in [2.05, 4.69) is 0 Å². The highest BCUT2D eigenvalue weighted by atomic mass is 16.5. The van der Waals surface area contributed by atoms with Crippen molar-refractivity contribution in [2.45, 2.75) is 37.9 Å². The van der Waals surface area contributed by atoms with Crippen LogP contribution >= 0.6 is 0 Å². The third-order valence-corrected chi connectivity index (χ3v) is 2.73. The summed E-state index contributed by atoms with van der Waals surface area (Å²) in [6, 6.07) is 0. The molecule has 1 saturated heterocycles. The monoisotopic (exact) mass is 142 g/mol. The zero-order valence-corrected chi connectivity index (χ0v) is 6.12. The van der Waals surface area contributed by atoms with E-state index in [1.54, 1.807) is 0 Å². The molecule has 1 heterocycles. The summed E-state index contributed by atoms with van der Waals surface area (Å²) in [6.07, 6.45) is 5.63. The number of aliphatic hydroxyl groups is 1. The topological polar surface area (TPSA) is 29.5 Å². The molecule has 0 aromatic carbocycles. The van der Waals surface area contributed by atoms with Crippen LogP contribution in [0.25, 0.3) is 0 Å². The molecule has 10 heavy (non-hydrogen) atoms. The Kier molecular flexibility index (Phi) is 1.66. The predicted octanol–water partition coefficient (Wildman–Crippen LogP) is 0.936. The molecule has 0 aromatic rings. The van der Waals surface area contributed by atoms with E-state index in [4.69, 9.17) is 9.84 Å². The highest BCUT2D eigenvalue weighted by molar-refractivity contribution is 4.86. The van der Waals surface area contributed by atoms with Crippen LogP contribution in [0.3, 0.4) is 0 Å². The maximum Gasteiger partial charge on any atom is 0.0813 e. The van der Waals surface area contributed by atoms with Gasteiger partial charge in [0, 0.05) is 0 Å². The summed E-state index contributed by atoms with van der Waals surface area (Å²) >= 11 is 0. The maximum atomic E-state index is 8.80. The molecule has 0 radical (unpaired) electrons. The van der Waals surface area contributed by atoms with Gasteiger partial charge in [0.1, 0.15) is 0 Å². The molecule has 1 saturated carbocycles. The van der Waals surface area contributed by atoms with Crippen molar-refractivity contribution < 1.29 is 9.84 Å². The summed E-state index contributed by atoms with van der Waals surface area (Å²) in [6.45, 7) is 0.215. The molecule has 58 valence electrons. The lowest BCUT2D eigenvalue weighted by molar-refractivity contribution is 0.00939. The first-order valence-corrected chi connectivity index (χ1v) is 4.16. The summed E-state index contributed by atoms with van der Waals surface area (Å²) < 4.78 is 5.58. The molecule has 0 amide bonds. The fraction of sp³-hybridized carbons (Fsp3) is 1.00. The zero-order valence-electron chi connectivity index (χ0n) is 6.12. The first-order valence-electron chi connectivity index (χ1n) is 4.16. The molecule has 0 unspecified atom stereocenters. The molecule has 2 fully saturated rings. The highest BCUT2D eigenvalue weighted by Gasteiger charge is 2.37. The van der Waals surface area contributed by atoms with Crippen molar-refractivity contribution in [1.29, 1.82) is 0 Å². The first kappa shape index (κ1) is 6.62. The van der Waals surface area contributed by atoms with Gasteiger partial charge in [-0.05, 0) is 25.2 Å². The Hall–Kier alpha value is -0.0800. The van der Waals surface area contributed by atoms with Crippen LogP contribution in [-0.2, 0) is 4.74 Å². The third-order valence-electron chi connectivity index (χ3n) is 2.73. The average molecular weight is 142 g/mol. The Morgan fingerprint density at radius 1 is 1.40 bits per heavy atom. The molecule has 1 N–H and O–H groups in total. The van der Waals surface area contributed by atoms with Gasteiger partial charge in [-0.2, -0.15) is 0 Å². The average Bonchev–Trinajstić information content (AvgIpc) is 2.42. The predicted molar refractivity (Wildman–Crippen MR) is 37.7 cm³/mol. The van der Waals surface area contributed by atoms with Gasteiger partial charge < -0.3 is 9.84 Å². The Labute approximate surface area is 61.2 Å². The number of aliphatic hydroxyl groups excluding tert-OH is 1. The number of ether oxygens (including phenoxy) is 1. The van der Waals surface area contributed by atoms with Crippen LogP contribution in [0.1, 0.15) is 25.7 Å². The van der Waals surface area contributed by atoms with E-state index < -0.39 is 0 Å². The molecule has 2 rings (SSSR count). The van der Waals surface area contributed by atoms with Crippen molar-refractivity contribution in [3.05, 3.63) is 0 Å². The quantitative estimate of drug-likeness (QED) is 0.590. The van der Waals surface area contributed by atoms with Crippen LogP contribution < -0.4 is 0 Å². The first-order chi connectivity index (χ1) is 4.90. The van der Waals surface area contributed by atoms with Gasteiger partial charge in [0.25, 0.3) is 0 Å². The minimum absolute atomic E-state index is 0.162. The van der Waals surface area contributed by atoms with Gasteiger partial charge in [-0.15, -0.1) is 0 Å². The summed E-state index contributed by atoms with van der Waals surface area (Å²) in [5.41, 5.74) is 0. The van der Waals surface area contributed by atoms with Crippen LogP contribution in [0.4, 0.5) is 0 Å². The van der Waals surface area contributed by atoms with E-state index >= 15 is 0 Å². The maximum absolute atomic E-state index is 8.80. The van der Waals surface area contributed by atoms with Gasteiger partial charge in [-0.1, -0.05) is 6.42 Å². The molecule has 3 atom stereocenters. The Balaban J connectivity index is 1.94. The summed E-state index contributed by atoms with van der Waals surface area (Å²) in [4.78, 5) is 0. The van der Waals surface area contributed by atoms with Crippen LogP contribution in [0.2, 0.25) is 0 Å². The van der Waals surface area contributed by atoms with Crippen LogP contribution in [0, 0.1) is 5.92 Å². The Morgan fingerprint density at radius 2 is 2.30 bits per heavy atom. The van der Waals surface area contributed by atoms with Crippen LogP contribution in [0.5, 0.6) is 0 Å². The molecule has 1 aliphatic heterocycles. The van der Waals surface area contributed by atoms with E-state index in [9.17, 15) is 0 Å². The summed E-state index contributed by atoms with van der Waals surface area (Å²) in [7, 11) is 0. The smallest absolute Gasteiger partial charge is 0.0813 e. The van der Waals surface area contributed by atoms with Crippen molar-refractivity contribution >= 4 is 0 Å². The van der Waals surface area contributed by atoms with Gasteiger partial charge in [-0.3, -0.25) is 0 Å². The minimum Gasteiger partial charge on any atom is -0.394 e. The number of fused-ring (bicyclic) bond motifs is 1. The lowest BCUT2D eigenvalue weighted by Gasteiger charge is -2.07. The van der Waals surface area contributed by atoms with E-state index in [1.165, 1.54) is 19.3 Å². The largest absolute Gasteiger partial charge is 0.394 e. The second kappa shape index (κ2) is 2.51. The second-order valence-electron chi connectivity index (χ2n) is 3.41. The van der Waals surface area contributed by atoms with Gasteiger partial charge in [-0.25, -0.2) is 0 Å². The number of hydrogen-bond acceptors (Lipinski definition) is 2. The molecule has 0 spiro atoms. The van der Waals surface area contributed by atoms with E-state index in [0.29, 0.717) is 6.10 Å². The number of hydrogen-bond donors (Lipinski definition) is 1. The molecule has 2 heteroatoms. The number of rotatable bonds is 1. The van der Waals surface area contributed by atoms with E-state index in [1.807, 2.05) is 0 Å². The molecular weight excluding hydrogens is 128 g/mol. The van der Waals surface area contributed by atoms with Crippen molar-refractivity contribution in [1.82, 2.24) is 0 Å². The molecule has 0 aromatic heterocycles. The standard InChI is InChI=1S/C8H14O2/c9-5-7-4-6-2-1-3-8(6)10-7/h6-9H,1-5H2/t6-,7-,8-/m0/s1. The SMILES string of the molecule is OC[C@@H]1C[C@@H]2CCC[C@@H]2O1. The third kappa shape index (κ3) is 0.956. The van der Waals surface area contributed by atoms with Crippen LogP contribution in [0.15, 0.2) is 0 Å².